The molecule has 0 unspecified atom stereocenters. The Bertz CT molecular complexity index is 1210. The summed E-state index contributed by atoms with van der Waals surface area (Å²) in [5, 5.41) is 13.8. The predicted molar refractivity (Wildman–Crippen MR) is 107 cm³/mol. The lowest BCUT2D eigenvalue weighted by atomic mass is 9.98. The SMILES string of the molecule is C/C(=N\NC(=O)c1cc(-c2ccc3c4c(cccc24)CC3)n[nH]1)c1ccco1. The summed E-state index contributed by atoms with van der Waals surface area (Å²) in [6, 6.07) is 16.0. The number of aromatic nitrogens is 2. The van der Waals surface area contributed by atoms with Crippen molar-refractivity contribution < 1.29 is 9.21 Å². The van der Waals surface area contributed by atoms with Gasteiger partial charge in [-0.2, -0.15) is 10.2 Å². The van der Waals surface area contributed by atoms with Gasteiger partial charge in [0.05, 0.1) is 12.0 Å². The first-order valence-electron chi connectivity index (χ1n) is 9.18. The monoisotopic (exact) mass is 370 g/mol. The summed E-state index contributed by atoms with van der Waals surface area (Å²) in [5.41, 5.74) is 8.00. The molecular weight excluding hydrogens is 352 g/mol. The number of hydrazone groups is 1. The molecule has 2 heterocycles. The first-order valence-corrected chi connectivity index (χ1v) is 9.18. The molecule has 1 aliphatic carbocycles. The summed E-state index contributed by atoms with van der Waals surface area (Å²) in [4.78, 5) is 12.4. The topological polar surface area (TPSA) is 83.3 Å². The van der Waals surface area contributed by atoms with E-state index in [9.17, 15) is 4.79 Å². The van der Waals surface area contributed by atoms with Gasteiger partial charge in [0.25, 0.3) is 5.91 Å². The second-order valence-corrected chi connectivity index (χ2v) is 6.89. The van der Waals surface area contributed by atoms with E-state index in [1.165, 1.54) is 21.9 Å². The Balaban J connectivity index is 1.44. The van der Waals surface area contributed by atoms with Gasteiger partial charge in [-0.1, -0.05) is 30.3 Å². The van der Waals surface area contributed by atoms with Crippen LogP contribution < -0.4 is 5.43 Å². The number of hydrogen-bond donors (Lipinski definition) is 2. The van der Waals surface area contributed by atoms with Crippen LogP contribution in [0.3, 0.4) is 0 Å². The van der Waals surface area contributed by atoms with Crippen molar-refractivity contribution in [2.75, 3.05) is 0 Å². The van der Waals surface area contributed by atoms with Crippen LogP contribution >= 0.6 is 0 Å². The number of aryl methyl sites for hydroxylation is 2. The Hall–Kier alpha value is -3.67. The molecule has 0 aliphatic heterocycles. The minimum Gasteiger partial charge on any atom is -0.463 e. The fourth-order valence-corrected chi connectivity index (χ4v) is 3.78. The van der Waals surface area contributed by atoms with E-state index in [2.05, 4.69) is 51.1 Å². The van der Waals surface area contributed by atoms with Crippen LogP contribution in [-0.4, -0.2) is 21.8 Å². The fraction of sp³-hybridized carbons (Fsp3) is 0.136. The molecule has 0 saturated heterocycles. The molecule has 1 amide bonds. The van der Waals surface area contributed by atoms with Gasteiger partial charge in [0.1, 0.15) is 17.2 Å². The zero-order valence-corrected chi connectivity index (χ0v) is 15.3. The number of nitrogens with zero attached hydrogens (tertiary/aromatic N) is 2. The second-order valence-electron chi connectivity index (χ2n) is 6.89. The van der Waals surface area contributed by atoms with E-state index < -0.39 is 0 Å². The van der Waals surface area contributed by atoms with E-state index in [0.29, 0.717) is 17.2 Å². The van der Waals surface area contributed by atoms with Gasteiger partial charge in [-0.05, 0) is 59.9 Å². The van der Waals surface area contributed by atoms with Crippen LogP contribution in [0.25, 0.3) is 22.0 Å². The van der Waals surface area contributed by atoms with Crippen molar-refractivity contribution in [1.29, 1.82) is 0 Å². The number of nitrogens with one attached hydrogen (secondary N) is 2. The molecule has 2 N–H and O–H groups in total. The summed E-state index contributed by atoms with van der Waals surface area (Å²) in [6.07, 6.45) is 3.73. The normalized spacial score (nSPS) is 13.2. The molecule has 6 nitrogen and oxygen atoms in total. The Labute approximate surface area is 161 Å². The molecule has 6 heteroatoms. The van der Waals surface area contributed by atoms with Crippen LogP contribution in [0.1, 0.15) is 34.3 Å². The molecule has 2 aromatic heterocycles. The van der Waals surface area contributed by atoms with Crippen LogP contribution in [0.2, 0.25) is 0 Å². The van der Waals surface area contributed by atoms with E-state index in [4.69, 9.17) is 4.42 Å². The van der Waals surface area contributed by atoms with Crippen molar-refractivity contribution in [3.05, 3.63) is 77.4 Å². The number of hydrogen-bond acceptors (Lipinski definition) is 4. The van der Waals surface area contributed by atoms with Crippen LogP contribution in [0.4, 0.5) is 0 Å². The fourth-order valence-electron chi connectivity index (χ4n) is 3.78. The average molecular weight is 370 g/mol. The highest BCUT2D eigenvalue weighted by atomic mass is 16.3. The van der Waals surface area contributed by atoms with E-state index in [-0.39, 0.29) is 5.91 Å². The van der Waals surface area contributed by atoms with Gasteiger partial charge in [0, 0.05) is 5.56 Å². The van der Waals surface area contributed by atoms with Gasteiger partial charge in [-0.3, -0.25) is 9.89 Å². The van der Waals surface area contributed by atoms with E-state index in [1.54, 1.807) is 31.4 Å². The van der Waals surface area contributed by atoms with Crippen molar-refractivity contribution in [2.45, 2.75) is 19.8 Å². The largest absolute Gasteiger partial charge is 0.463 e. The lowest BCUT2D eigenvalue weighted by Gasteiger charge is -2.06. The molecule has 0 spiro atoms. The Morgan fingerprint density at radius 1 is 1.14 bits per heavy atom. The summed E-state index contributed by atoms with van der Waals surface area (Å²) >= 11 is 0. The van der Waals surface area contributed by atoms with Gasteiger partial charge < -0.3 is 4.42 Å². The molecule has 2 aromatic carbocycles. The zero-order chi connectivity index (χ0) is 19.1. The molecule has 5 rings (SSSR count). The molecule has 1 aliphatic rings. The number of benzene rings is 2. The van der Waals surface area contributed by atoms with Crippen LogP contribution in [-0.2, 0) is 12.8 Å². The number of amides is 1. The maximum atomic E-state index is 12.4. The van der Waals surface area contributed by atoms with Gasteiger partial charge >= 0.3 is 0 Å². The highest BCUT2D eigenvalue weighted by Crippen LogP contribution is 2.36. The molecule has 0 bridgehead atoms. The average Bonchev–Trinajstić information content (AvgIpc) is 3.47. The van der Waals surface area contributed by atoms with Gasteiger partial charge in [0.2, 0.25) is 0 Å². The highest BCUT2D eigenvalue weighted by molar-refractivity contribution is 6.02. The molecule has 0 fully saturated rings. The van der Waals surface area contributed by atoms with Crippen molar-refractivity contribution >= 4 is 22.4 Å². The smallest absolute Gasteiger partial charge is 0.289 e. The molecule has 138 valence electrons. The molecule has 0 atom stereocenters. The minimum absolute atomic E-state index is 0.351. The van der Waals surface area contributed by atoms with Crippen molar-refractivity contribution in [3.63, 3.8) is 0 Å². The van der Waals surface area contributed by atoms with E-state index in [1.807, 2.05) is 0 Å². The minimum atomic E-state index is -0.351. The van der Waals surface area contributed by atoms with E-state index in [0.717, 1.165) is 24.1 Å². The Morgan fingerprint density at radius 2 is 2.00 bits per heavy atom. The number of aromatic amines is 1. The standard InChI is InChI=1S/C22H18N4O2/c1-13(20-6-3-11-28-20)23-26-22(27)19-12-18(24-25-19)16-10-9-15-8-7-14-4-2-5-17(16)21(14)15/h2-6,9-12H,7-8H2,1H3,(H,24,25)(H,26,27)/b23-13+. The quantitative estimate of drug-likeness (QED) is 0.419. The zero-order valence-electron chi connectivity index (χ0n) is 15.3. The number of H-pyrrole nitrogens is 1. The summed E-state index contributed by atoms with van der Waals surface area (Å²) in [5.74, 6) is 0.258. The molecule has 28 heavy (non-hydrogen) atoms. The third-order valence-electron chi connectivity index (χ3n) is 5.18. The molecule has 0 saturated carbocycles. The van der Waals surface area contributed by atoms with Crippen LogP contribution in [0.15, 0.2) is 64.3 Å². The summed E-state index contributed by atoms with van der Waals surface area (Å²) in [7, 11) is 0. The predicted octanol–water partition coefficient (Wildman–Crippen LogP) is 4.08. The van der Waals surface area contributed by atoms with E-state index >= 15 is 0 Å². The number of carbonyl (C=O) groups is 1. The third-order valence-corrected chi connectivity index (χ3v) is 5.18. The van der Waals surface area contributed by atoms with Gasteiger partial charge in [0.15, 0.2) is 0 Å². The van der Waals surface area contributed by atoms with Gasteiger partial charge in [-0.15, -0.1) is 0 Å². The van der Waals surface area contributed by atoms with Crippen LogP contribution in [0, 0.1) is 0 Å². The first kappa shape index (κ1) is 16.5. The maximum absolute atomic E-state index is 12.4. The van der Waals surface area contributed by atoms with Crippen molar-refractivity contribution in [3.8, 4) is 11.3 Å². The van der Waals surface area contributed by atoms with Gasteiger partial charge in [-0.25, -0.2) is 5.43 Å². The second kappa shape index (κ2) is 6.49. The maximum Gasteiger partial charge on any atom is 0.289 e. The number of rotatable bonds is 4. The lowest BCUT2D eigenvalue weighted by molar-refractivity contribution is 0.0950. The van der Waals surface area contributed by atoms with Crippen molar-refractivity contribution in [2.24, 2.45) is 5.10 Å². The first-order chi connectivity index (χ1) is 13.7. The number of furan rings is 1. The molecule has 0 radical (unpaired) electrons. The summed E-state index contributed by atoms with van der Waals surface area (Å²) < 4.78 is 5.26. The lowest BCUT2D eigenvalue weighted by Crippen LogP contribution is -2.19. The molecule has 4 aromatic rings. The summed E-state index contributed by atoms with van der Waals surface area (Å²) in [6.45, 7) is 1.77. The molecular formula is C22H18N4O2. The van der Waals surface area contributed by atoms with Crippen LogP contribution in [0.5, 0.6) is 0 Å². The third kappa shape index (κ3) is 2.70. The number of carbonyl (C=O) groups excluding carboxylic acids is 1. The van der Waals surface area contributed by atoms with Crippen molar-refractivity contribution in [1.82, 2.24) is 15.6 Å². The highest BCUT2D eigenvalue weighted by Gasteiger charge is 2.18. The Morgan fingerprint density at radius 3 is 2.82 bits per heavy atom. The Kier molecular flexibility index (Phi) is 3.83.